The summed E-state index contributed by atoms with van der Waals surface area (Å²) in [6.45, 7) is 0. The molecule has 0 spiro atoms. The first kappa shape index (κ1) is 53.0. The average molecular weight is 230 g/mol. The van der Waals surface area contributed by atoms with Crippen LogP contribution in [0.5, 0.6) is 0 Å². The van der Waals surface area contributed by atoms with E-state index in [-0.39, 0.29) is 60.0 Å². The van der Waals surface area contributed by atoms with Gasteiger partial charge in [0, 0.05) is 60.0 Å². The second kappa shape index (κ2) is 32.6. The van der Waals surface area contributed by atoms with Gasteiger partial charge in [-0.3, -0.25) is 0 Å². The second-order valence-corrected chi connectivity index (χ2v) is 0. The second-order valence-electron chi connectivity index (χ2n) is 0. The minimum atomic E-state index is 0. The Morgan fingerprint density at radius 2 is 0.400 bits per heavy atom. The predicted octanol–water partition coefficient (Wildman–Crippen LogP) is 3.44. The maximum absolute atomic E-state index is 0. The zero-order valence-electron chi connectivity index (χ0n) is 2.11. The van der Waals surface area contributed by atoms with Crippen molar-refractivity contribution >= 4 is 39.6 Å². The van der Waals surface area contributed by atoms with Crippen LogP contribution in [0, 0.1) is 0 Å². The zero-order chi connectivity index (χ0) is 0. The van der Waals surface area contributed by atoms with Crippen molar-refractivity contribution in [3.63, 3.8) is 0 Å². The summed E-state index contributed by atoms with van der Waals surface area (Å²) in [5, 5.41) is 0. The normalized spacial score (nSPS) is 0. The molecule has 0 saturated heterocycles. The molecule has 0 nitrogen and oxygen atoms in total. The van der Waals surface area contributed by atoms with Crippen LogP contribution in [-0.4, -0.2) is 0 Å². The Morgan fingerprint density at radius 1 is 0.400 bits per heavy atom. The smallest absolute Gasteiger partial charge is 0 e. The molecule has 0 aromatic rings. The molecule has 0 rings (SSSR count). The van der Waals surface area contributed by atoms with Crippen molar-refractivity contribution < 1.29 is 20.4 Å². The van der Waals surface area contributed by atoms with Gasteiger partial charge in [0.1, 0.15) is 0 Å². The van der Waals surface area contributed by atoms with Gasteiger partial charge >= 0.3 is 0 Å². The summed E-state index contributed by atoms with van der Waals surface area (Å²) in [7, 11) is 0. The van der Waals surface area contributed by atoms with Crippen LogP contribution in [0.15, 0.2) is 0 Å². The van der Waals surface area contributed by atoms with Crippen LogP contribution >= 0.6 is 39.6 Å². The van der Waals surface area contributed by atoms with E-state index in [1.807, 2.05) is 0 Å². The first-order valence-electron chi connectivity index (χ1n) is 0. The van der Waals surface area contributed by atoms with Crippen LogP contribution in [0.25, 0.3) is 0 Å². The molecular weight excluding hydrogens is 230 g/mol. The van der Waals surface area contributed by atoms with Crippen molar-refractivity contribution in [2.75, 3.05) is 0 Å². The Morgan fingerprint density at radius 3 is 0.400 bits per heavy atom. The maximum Gasteiger partial charge on any atom is 0 e. The molecule has 0 amide bonds. The topological polar surface area (TPSA) is 0 Å². The van der Waals surface area contributed by atoms with Crippen LogP contribution in [-0.2, 0) is 20.4 Å². The van der Waals surface area contributed by atoms with Gasteiger partial charge in [-0.2, -0.15) is 0 Å². The van der Waals surface area contributed by atoms with Crippen LogP contribution in [0.4, 0.5) is 0 Å². The van der Waals surface area contributed by atoms with Crippen molar-refractivity contribution in [3.8, 4) is 0 Å². The van der Waals surface area contributed by atoms with E-state index in [1.165, 1.54) is 0 Å². The number of hydrogen-bond acceptors (Lipinski definition) is 0. The summed E-state index contributed by atoms with van der Waals surface area (Å²) >= 11 is 0. The molecule has 0 aliphatic carbocycles. The van der Waals surface area contributed by atoms with E-state index in [2.05, 4.69) is 0 Å². The minimum absolute atomic E-state index is 0. The van der Waals surface area contributed by atoms with Gasteiger partial charge in [-0.15, -0.1) is 0 Å². The molecule has 0 bridgehead atoms. The Bertz CT molecular complexity index is 3.61. The molecule has 0 aliphatic rings. The van der Waals surface area contributed by atoms with Gasteiger partial charge in [-0.1, -0.05) is 0 Å². The molecule has 0 aliphatic heterocycles. The fraction of sp³-hybridized carbons (Fsp3) is 0. The monoisotopic (exact) mass is 230 g/mol. The average Bonchev–Trinajstić information content (AvgIpc) is 0. The molecule has 0 unspecified atom stereocenters. The molecule has 0 heterocycles. The third-order valence-electron chi connectivity index (χ3n) is 0. The summed E-state index contributed by atoms with van der Waals surface area (Å²) in [4.78, 5) is 0. The quantitative estimate of drug-likeness (QED) is 0.442. The fourth-order valence-electron chi connectivity index (χ4n) is 0. The Balaban J connectivity index is 0. The van der Waals surface area contributed by atoms with E-state index in [0.29, 0.717) is 0 Å². The van der Waals surface area contributed by atoms with Gasteiger partial charge in [-0.25, -0.2) is 0 Å². The third-order valence-corrected chi connectivity index (χ3v) is 0. The van der Waals surface area contributed by atoms with Gasteiger partial charge in [-0.05, 0) is 0 Å². The van der Waals surface area contributed by atoms with E-state index < -0.39 is 0 Å². The molecule has 0 saturated carbocycles. The molecular formula is P4Pd. The minimum Gasteiger partial charge on any atom is 0 e. The zero-order valence-corrected chi connectivity index (χ0v) is 7.24. The van der Waals surface area contributed by atoms with Gasteiger partial charge in [0.15, 0.2) is 0 Å². The van der Waals surface area contributed by atoms with Gasteiger partial charge in [0.2, 0.25) is 0 Å². The molecule has 0 aromatic carbocycles. The maximum atomic E-state index is 0. The van der Waals surface area contributed by atoms with Crippen molar-refractivity contribution in [1.82, 2.24) is 0 Å². The molecule has 0 N–H and O–H groups in total. The van der Waals surface area contributed by atoms with Crippen LogP contribution in [0.2, 0.25) is 0 Å². The predicted molar refractivity (Wildman–Crippen MR) is 27.7 cm³/mol. The van der Waals surface area contributed by atoms with Gasteiger partial charge < -0.3 is 0 Å². The van der Waals surface area contributed by atoms with Crippen LogP contribution < -0.4 is 0 Å². The number of rotatable bonds is 0. The molecule has 12 radical (unpaired) electrons. The Hall–Kier alpha value is 2.38. The summed E-state index contributed by atoms with van der Waals surface area (Å²) in [6.07, 6.45) is 0. The third kappa shape index (κ3) is 21.6. The first-order valence-corrected chi connectivity index (χ1v) is 0. The van der Waals surface area contributed by atoms with Crippen LogP contribution in [0.3, 0.4) is 0 Å². The first-order chi connectivity index (χ1) is 0. The Labute approximate surface area is 60.2 Å². The SMILES string of the molecule is [P].[P].[P].[P].[Pd]. The van der Waals surface area contributed by atoms with E-state index in [1.54, 1.807) is 0 Å². The fourth-order valence-corrected chi connectivity index (χ4v) is 0. The standard InChI is InChI=1S/4P.Pd. The van der Waals surface area contributed by atoms with Crippen molar-refractivity contribution in [1.29, 1.82) is 0 Å². The molecule has 0 aromatic heterocycles. The van der Waals surface area contributed by atoms with Crippen molar-refractivity contribution in [2.24, 2.45) is 0 Å². The Kier molecular flexibility index (Phi) is 345. The van der Waals surface area contributed by atoms with E-state index in [0.717, 1.165) is 0 Å². The summed E-state index contributed by atoms with van der Waals surface area (Å²) < 4.78 is 0. The molecule has 5 heavy (non-hydrogen) atoms. The molecule has 0 fully saturated rings. The van der Waals surface area contributed by atoms with E-state index in [9.17, 15) is 0 Å². The van der Waals surface area contributed by atoms with Crippen molar-refractivity contribution in [3.05, 3.63) is 0 Å². The summed E-state index contributed by atoms with van der Waals surface area (Å²) in [5.74, 6) is 0. The number of hydrogen-bond donors (Lipinski definition) is 0. The van der Waals surface area contributed by atoms with Gasteiger partial charge in [0.25, 0.3) is 0 Å². The van der Waals surface area contributed by atoms with E-state index >= 15 is 0 Å². The van der Waals surface area contributed by atoms with Crippen LogP contribution in [0.1, 0.15) is 0 Å². The van der Waals surface area contributed by atoms with Gasteiger partial charge in [0.05, 0.1) is 0 Å². The van der Waals surface area contributed by atoms with E-state index in [4.69, 9.17) is 0 Å². The largest absolute Gasteiger partial charge is 0 e. The molecule has 5 heteroatoms. The summed E-state index contributed by atoms with van der Waals surface area (Å²) in [5.41, 5.74) is 0. The molecule has 0 atom stereocenters. The van der Waals surface area contributed by atoms with Crippen molar-refractivity contribution in [2.45, 2.75) is 0 Å². The molecule has 30 valence electrons. The summed E-state index contributed by atoms with van der Waals surface area (Å²) in [6, 6.07) is 0.